The standard InChI is InChI=1S/C24H27N5/c1-15(2)17-5-7-18(8-6-17)22-21-12-29(16(3)4)10-9-19(21)20(11-25)23(28)24(22,13-26)14-27/h5-9,15-16,21-22H,10,12,28H2,1-4H3/t21-,22+/m0/s1. The first-order valence-electron chi connectivity index (χ1n) is 10.1. The molecule has 5 nitrogen and oxygen atoms in total. The molecule has 0 spiro atoms. The summed E-state index contributed by atoms with van der Waals surface area (Å²) in [4.78, 5) is 2.31. The van der Waals surface area contributed by atoms with E-state index in [9.17, 15) is 15.8 Å². The largest absolute Gasteiger partial charge is 0.399 e. The first kappa shape index (κ1) is 20.7. The third kappa shape index (κ3) is 3.21. The number of fused-ring (bicyclic) bond motifs is 1. The molecule has 0 aromatic heterocycles. The average molecular weight is 386 g/mol. The topological polar surface area (TPSA) is 101 Å². The Morgan fingerprint density at radius 1 is 1.07 bits per heavy atom. The Bertz CT molecular complexity index is 962. The number of allylic oxidation sites excluding steroid dienone is 2. The number of hydrogen-bond donors (Lipinski definition) is 1. The van der Waals surface area contributed by atoms with Gasteiger partial charge in [-0.2, -0.15) is 15.8 Å². The first-order chi connectivity index (χ1) is 13.8. The van der Waals surface area contributed by atoms with E-state index < -0.39 is 11.3 Å². The zero-order valence-electron chi connectivity index (χ0n) is 17.5. The van der Waals surface area contributed by atoms with Crippen molar-refractivity contribution in [3.63, 3.8) is 0 Å². The molecule has 2 N–H and O–H groups in total. The summed E-state index contributed by atoms with van der Waals surface area (Å²) >= 11 is 0. The van der Waals surface area contributed by atoms with Crippen LogP contribution in [0.1, 0.15) is 50.7 Å². The number of benzene rings is 1. The van der Waals surface area contributed by atoms with E-state index in [0.29, 0.717) is 24.1 Å². The molecule has 0 amide bonds. The Kier molecular flexibility index (Phi) is 5.52. The molecule has 148 valence electrons. The van der Waals surface area contributed by atoms with Gasteiger partial charge < -0.3 is 5.73 Å². The molecule has 1 heterocycles. The van der Waals surface area contributed by atoms with Crippen molar-refractivity contribution in [3.8, 4) is 18.2 Å². The molecule has 0 fully saturated rings. The first-order valence-corrected chi connectivity index (χ1v) is 10.1. The van der Waals surface area contributed by atoms with E-state index in [1.165, 1.54) is 5.56 Å². The molecule has 0 unspecified atom stereocenters. The molecule has 1 aliphatic heterocycles. The van der Waals surface area contributed by atoms with Crippen molar-refractivity contribution >= 4 is 0 Å². The van der Waals surface area contributed by atoms with E-state index in [1.807, 2.05) is 18.2 Å². The lowest BCUT2D eigenvalue weighted by Crippen LogP contribution is -2.49. The predicted molar refractivity (Wildman–Crippen MR) is 112 cm³/mol. The molecule has 0 bridgehead atoms. The maximum absolute atomic E-state index is 10.1. The van der Waals surface area contributed by atoms with Crippen LogP contribution in [0.2, 0.25) is 0 Å². The highest BCUT2D eigenvalue weighted by atomic mass is 15.2. The van der Waals surface area contributed by atoms with Crippen LogP contribution in [0.4, 0.5) is 0 Å². The lowest BCUT2D eigenvalue weighted by Gasteiger charge is -2.46. The van der Waals surface area contributed by atoms with Gasteiger partial charge in [0.2, 0.25) is 0 Å². The lowest BCUT2D eigenvalue weighted by atomic mass is 9.58. The molecule has 29 heavy (non-hydrogen) atoms. The molecule has 0 saturated carbocycles. The second kappa shape index (κ2) is 7.75. The molecule has 0 radical (unpaired) electrons. The normalized spacial score (nSPS) is 23.8. The van der Waals surface area contributed by atoms with Crippen LogP contribution in [0.5, 0.6) is 0 Å². The van der Waals surface area contributed by atoms with Crippen LogP contribution in [0, 0.1) is 45.3 Å². The second-order valence-corrected chi connectivity index (χ2v) is 8.54. The molecule has 5 heteroatoms. The molecular weight excluding hydrogens is 358 g/mol. The molecule has 0 saturated heterocycles. The van der Waals surface area contributed by atoms with E-state index in [2.05, 4.69) is 62.9 Å². The molecule has 2 aliphatic rings. The number of hydrogen-bond acceptors (Lipinski definition) is 5. The number of nitrogens with two attached hydrogens (primary N) is 1. The van der Waals surface area contributed by atoms with Gasteiger partial charge in [0.25, 0.3) is 0 Å². The monoisotopic (exact) mass is 385 g/mol. The van der Waals surface area contributed by atoms with Gasteiger partial charge in [-0.3, -0.25) is 4.90 Å². The van der Waals surface area contributed by atoms with Gasteiger partial charge in [0.1, 0.15) is 6.07 Å². The third-order valence-corrected chi connectivity index (χ3v) is 6.39. The Balaban J connectivity index is 2.25. The van der Waals surface area contributed by atoms with Gasteiger partial charge in [-0.1, -0.05) is 44.2 Å². The Labute approximate surface area is 173 Å². The number of nitrogens with zero attached hydrogens (tertiary/aromatic N) is 4. The second-order valence-electron chi connectivity index (χ2n) is 8.54. The molecule has 1 aromatic carbocycles. The fourth-order valence-electron chi connectivity index (χ4n) is 4.59. The number of nitriles is 3. The summed E-state index contributed by atoms with van der Waals surface area (Å²) in [6.07, 6.45) is 2.05. The zero-order chi connectivity index (χ0) is 21.3. The SMILES string of the molecule is CC(C)c1ccc([C@@H]2[C@H]3CN(C(C)C)CC=C3C(C#N)=C(N)C2(C#N)C#N)cc1. The predicted octanol–water partition coefficient (Wildman–Crippen LogP) is 3.94. The smallest absolute Gasteiger partial charge is 0.191 e. The highest BCUT2D eigenvalue weighted by Crippen LogP contribution is 2.54. The summed E-state index contributed by atoms with van der Waals surface area (Å²) in [7, 11) is 0. The summed E-state index contributed by atoms with van der Waals surface area (Å²) in [5.41, 5.74) is 8.17. The van der Waals surface area contributed by atoms with Crippen LogP contribution in [-0.4, -0.2) is 24.0 Å². The van der Waals surface area contributed by atoms with Crippen LogP contribution in [0.25, 0.3) is 0 Å². The fourth-order valence-corrected chi connectivity index (χ4v) is 4.59. The fraction of sp³-hybridized carbons (Fsp3) is 0.458. The van der Waals surface area contributed by atoms with E-state index in [-0.39, 0.29) is 11.6 Å². The summed E-state index contributed by atoms with van der Waals surface area (Å²) in [5.74, 6) is -0.176. The minimum atomic E-state index is -1.56. The van der Waals surface area contributed by atoms with Crippen LogP contribution in [-0.2, 0) is 0 Å². The van der Waals surface area contributed by atoms with Crippen LogP contribution >= 0.6 is 0 Å². The minimum Gasteiger partial charge on any atom is -0.399 e. The van der Waals surface area contributed by atoms with Crippen molar-refractivity contribution in [3.05, 3.63) is 58.3 Å². The molecule has 1 aliphatic carbocycles. The summed E-state index contributed by atoms with van der Waals surface area (Å²) in [6, 6.07) is 15.1. The van der Waals surface area contributed by atoms with Gasteiger partial charge in [0.15, 0.2) is 5.41 Å². The molecule has 3 rings (SSSR count). The van der Waals surface area contributed by atoms with Gasteiger partial charge in [-0.05, 0) is 36.5 Å². The van der Waals surface area contributed by atoms with Crippen molar-refractivity contribution in [1.29, 1.82) is 15.8 Å². The Morgan fingerprint density at radius 2 is 1.69 bits per heavy atom. The van der Waals surface area contributed by atoms with Gasteiger partial charge in [0, 0.05) is 31.0 Å². The van der Waals surface area contributed by atoms with Gasteiger partial charge in [0.05, 0.1) is 23.4 Å². The summed E-state index contributed by atoms with van der Waals surface area (Å²) in [6.45, 7) is 9.94. The molecule has 2 atom stereocenters. The quantitative estimate of drug-likeness (QED) is 0.849. The van der Waals surface area contributed by atoms with E-state index in [0.717, 1.165) is 17.7 Å². The van der Waals surface area contributed by atoms with Gasteiger partial charge in [-0.25, -0.2) is 0 Å². The maximum atomic E-state index is 10.1. The highest BCUT2D eigenvalue weighted by molar-refractivity contribution is 5.59. The van der Waals surface area contributed by atoms with E-state index in [4.69, 9.17) is 5.73 Å². The molecule has 1 aromatic rings. The van der Waals surface area contributed by atoms with Crippen molar-refractivity contribution in [2.45, 2.75) is 45.6 Å². The van der Waals surface area contributed by atoms with E-state index >= 15 is 0 Å². The van der Waals surface area contributed by atoms with Crippen molar-refractivity contribution in [2.24, 2.45) is 17.1 Å². The van der Waals surface area contributed by atoms with Crippen molar-refractivity contribution < 1.29 is 0 Å². The van der Waals surface area contributed by atoms with Crippen LogP contribution in [0.15, 0.2) is 47.2 Å². The maximum Gasteiger partial charge on any atom is 0.191 e. The lowest BCUT2D eigenvalue weighted by molar-refractivity contribution is 0.174. The third-order valence-electron chi connectivity index (χ3n) is 6.39. The Hall–Kier alpha value is -3.07. The summed E-state index contributed by atoms with van der Waals surface area (Å²) < 4.78 is 0. The van der Waals surface area contributed by atoms with E-state index in [1.54, 1.807) is 0 Å². The van der Waals surface area contributed by atoms with Crippen molar-refractivity contribution in [2.75, 3.05) is 13.1 Å². The molecular formula is C24H27N5. The van der Waals surface area contributed by atoms with Gasteiger partial charge in [-0.15, -0.1) is 0 Å². The number of rotatable bonds is 3. The minimum absolute atomic E-state index is 0.0865. The average Bonchev–Trinajstić information content (AvgIpc) is 2.72. The van der Waals surface area contributed by atoms with Crippen molar-refractivity contribution in [1.82, 2.24) is 4.90 Å². The van der Waals surface area contributed by atoms with Crippen LogP contribution in [0.3, 0.4) is 0 Å². The highest BCUT2D eigenvalue weighted by Gasteiger charge is 2.54. The van der Waals surface area contributed by atoms with Crippen LogP contribution < -0.4 is 5.73 Å². The Morgan fingerprint density at radius 3 is 2.17 bits per heavy atom. The van der Waals surface area contributed by atoms with Gasteiger partial charge >= 0.3 is 0 Å². The summed E-state index contributed by atoms with van der Waals surface area (Å²) in [5, 5.41) is 30.1. The zero-order valence-corrected chi connectivity index (χ0v) is 17.5.